The van der Waals surface area contributed by atoms with Crippen molar-refractivity contribution in [3.8, 4) is 0 Å². The molecular weight excluding hydrogens is 614 g/mol. The molecule has 6 N–H and O–H groups in total. The SMILES string of the molecule is O[Si](O)(O)CCCN=Cc1cccs1.O[Si](O)(O)CCCN=Cc1cccs1.[Cl][Pd][Cl]. The first-order valence-corrected chi connectivity index (χ1v) is 18.7. The molecule has 0 spiro atoms. The van der Waals surface area contributed by atoms with E-state index in [2.05, 4.69) is 9.98 Å². The number of halogens is 2. The van der Waals surface area contributed by atoms with Gasteiger partial charge in [0.25, 0.3) is 0 Å². The van der Waals surface area contributed by atoms with E-state index in [4.69, 9.17) is 47.8 Å². The Kier molecular flexibility index (Phi) is 18.7. The Bertz CT molecular complexity index is 655. The van der Waals surface area contributed by atoms with Gasteiger partial charge in [0.1, 0.15) is 0 Å². The molecule has 0 fully saturated rings. The molecule has 8 nitrogen and oxygen atoms in total. The van der Waals surface area contributed by atoms with Gasteiger partial charge in [0.05, 0.1) is 0 Å². The van der Waals surface area contributed by atoms with Crippen LogP contribution in [0.3, 0.4) is 0 Å². The van der Waals surface area contributed by atoms with Crippen molar-refractivity contribution in [1.29, 1.82) is 0 Å². The summed E-state index contributed by atoms with van der Waals surface area (Å²) in [7, 11) is 1.94. The van der Waals surface area contributed by atoms with Crippen LogP contribution < -0.4 is 0 Å². The van der Waals surface area contributed by atoms with Crippen molar-refractivity contribution < 1.29 is 44.7 Å². The number of aliphatic imine (C=N–C) groups is 2. The molecule has 0 aliphatic carbocycles. The van der Waals surface area contributed by atoms with Gasteiger partial charge < -0.3 is 28.8 Å². The summed E-state index contributed by atoms with van der Waals surface area (Å²) in [6, 6.07) is 7.90. The van der Waals surface area contributed by atoms with Crippen molar-refractivity contribution >= 4 is 71.8 Å². The Labute approximate surface area is 208 Å². The molecule has 31 heavy (non-hydrogen) atoms. The minimum atomic E-state index is -3.84. The van der Waals surface area contributed by atoms with Crippen LogP contribution in [0.25, 0.3) is 0 Å². The van der Waals surface area contributed by atoms with Gasteiger partial charge in [-0.25, -0.2) is 0 Å². The molecule has 0 aliphatic rings. The van der Waals surface area contributed by atoms with E-state index in [0.29, 0.717) is 25.9 Å². The predicted octanol–water partition coefficient (Wildman–Crippen LogP) is 2.32. The van der Waals surface area contributed by atoms with E-state index in [1.165, 1.54) is 0 Å². The van der Waals surface area contributed by atoms with Crippen LogP contribution >= 0.6 is 41.7 Å². The van der Waals surface area contributed by atoms with Crippen molar-refractivity contribution in [3.63, 3.8) is 0 Å². The van der Waals surface area contributed by atoms with Gasteiger partial charge in [-0.05, 0) is 35.7 Å². The number of hydrogen-bond donors (Lipinski definition) is 6. The van der Waals surface area contributed by atoms with Crippen molar-refractivity contribution in [3.05, 3.63) is 44.8 Å². The van der Waals surface area contributed by atoms with E-state index in [-0.39, 0.29) is 28.0 Å². The van der Waals surface area contributed by atoms with Crippen molar-refractivity contribution in [2.75, 3.05) is 13.1 Å². The van der Waals surface area contributed by atoms with Crippen LogP contribution in [0.4, 0.5) is 0 Å². The normalized spacial score (nSPS) is 12.0. The van der Waals surface area contributed by atoms with Crippen LogP contribution in [-0.2, 0) is 15.9 Å². The van der Waals surface area contributed by atoms with Gasteiger partial charge in [0.2, 0.25) is 0 Å². The van der Waals surface area contributed by atoms with Crippen molar-refractivity contribution in [2.24, 2.45) is 9.98 Å². The number of rotatable bonds is 10. The van der Waals surface area contributed by atoms with E-state index in [9.17, 15) is 0 Å². The molecule has 0 aromatic carbocycles. The van der Waals surface area contributed by atoms with E-state index in [1.54, 1.807) is 35.1 Å². The standard InChI is InChI=1S/2C8H13NO3SSi.2ClH.Pd/c2*10-14(11,12)6-2-4-9-7-8-3-1-5-13-8;;;/h2*1,3,5,7,10-12H,2,4,6H2;2*1H;/q;;;;+2/p-2. The Morgan fingerprint density at radius 2 is 1.13 bits per heavy atom. The average molecular weight is 640 g/mol. The number of thiophene rings is 2. The third-order valence-electron chi connectivity index (χ3n) is 3.12. The fourth-order valence-corrected chi connectivity index (χ4v) is 4.33. The van der Waals surface area contributed by atoms with Gasteiger partial charge in [-0.3, -0.25) is 9.98 Å². The van der Waals surface area contributed by atoms with Crippen LogP contribution in [0.2, 0.25) is 12.1 Å². The molecule has 0 saturated carbocycles. The first-order chi connectivity index (χ1) is 14.6. The Morgan fingerprint density at radius 1 is 0.774 bits per heavy atom. The third-order valence-corrected chi connectivity index (χ3v) is 6.78. The molecule has 0 unspecified atom stereocenters. The molecule has 180 valence electrons. The van der Waals surface area contributed by atoms with E-state index < -0.39 is 17.6 Å². The van der Waals surface area contributed by atoms with E-state index >= 15 is 0 Å². The zero-order valence-corrected chi connectivity index (χ0v) is 23.0. The van der Waals surface area contributed by atoms with Gasteiger partial charge in [0, 0.05) is 47.4 Å². The predicted molar refractivity (Wildman–Crippen MR) is 129 cm³/mol. The van der Waals surface area contributed by atoms with Gasteiger partial charge in [0.15, 0.2) is 0 Å². The van der Waals surface area contributed by atoms with Gasteiger partial charge in [-0.2, -0.15) is 0 Å². The van der Waals surface area contributed by atoms with Crippen molar-refractivity contribution in [2.45, 2.75) is 24.9 Å². The Morgan fingerprint density at radius 3 is 1.39 bits per heavy atom. The minimum absolute atomic E-state index is 0.0504. The summed E-state index contributed by atoms with van der Waals surface area (Å²) in [5.74, 6) is 0. The molecule has 0 radical (unpaired) electrons. The molecule has 2 rings (SSSR count). The summed E-state index contributed by atoms with van der Waals surface area (Å²) in [4.78, 5) is 62.5. The monoisotopic (exact) mass is 638 g/mol. The molecule has 2 aromatic heterocycles. The molecular formula is C16H26Cl2N2O6PdS2Si2. The second kappa shape index (κ2) is 18.6. The summed E-state index contributed by atoms with van der Waals surface area (Å²) in [6.45, 7) is 1.02. The quantitative estimate of drug-likeness (QED) is 0.134. The molecule has 0 saturated heterocycles. The van der Waals surface area contributed by atoms with Crippen molar-refractivity contribution in [1.82, 2.24) is 0 Å². The van der Waals surface area contributed by atoms with Crippen LogP contribution in [0.1, 0.15) is 22.6 Å². The molecule has 0 aliphatic heterocycles. The number of hydrogen-bond acceptors (Lipinski definition) is 10. The maximum atomic E-state index is 8.70. The second-order valence-corrected chi connectivity index (χ2v) is 14.3. The fraction of sp³-hybridized carbons (Fsp3) is 0.375. The van der Waals surface area contributed by atoms with Gasteiger partial charge in [-0.15, -0.1) is 22.7 Å². The molecule has 2 aromatic rings. The average Bonchev–Trinajstić information content (AvgIpc) is 3.34. The number of nitrogens with zero attached hydrogens (tertiary/aromatic N) is 2. The Balaban J connectivity index is 0.000000516. The first-order valence-electron chi connectivity index (χ1n) is 8.80. The van der Waals surface area contributed by atoms with Crippen LogP contribution in [0, 0.1) is 0 Å². The van der Waals surface area contributed by atoms with Crippen LogP contribution in [-0.4, -0.2) is 71.9 Å². The molecule has 2 heterocycles. The second-order valence-electron chi connectivity index (χ2n) is 5.90. The van der Waals surface area contributed by atoms with E-state index in [1.807, 2.05) is 35.0 Å². The fourth-order valence-electron chi connectivity index (χ4n) is 1.85. The zero-order chi connectivity index (χ0) is 23.6. The van der Waals surface area contributed by atoms with E-state index in [0.717, 1.165) is 9.75 Å². The molecule has 0 bridgehead atoms. The Hall–Kier alpha value is 0.176. The summed E-state index contributed by atoms with van der Waals surface area (Å²) >= 11 is 3.09. The molecule has 0 amide bonds. The van der Waals surface area contributed by atoms with Crippen LogP contribution in [0.5, 0.6) is 0 Å². The third kappa shape index (κ3) is 23.1. The molecule has 0 atom stereocenters. The summed E-state index contributed by atoms with van der Waals surface area (Å²) in [5, 5.41) is 3.93. The summed E-state index contributed by atoms with van der Waals surface area (Å²) in [5.41, 5.74) is 0. The molecule has 15 heteroatoms. The maximum absolute atomic E-state index is 8.70. The topological polar surface area (TPSA) is 146 Å². The zero-order valence-electron chi connectivity index (χ0n) is 16.3. The first kappa shape index (κ1) is 31.2. The van der Waals surface area contributed by atoms with Gasteiger partial charge in [-0.1, -0.05) is 12.1 Å². The summed E-state index contributed by atoms with van der Waals surface area (Å²) in [6.07, 6.45) is 4.50. The van der Waals surface area contributed by atoms with Gasteiger partial charge >= 0.3 is 52.6 Å². The van der Waals surface area contributed by atoms with Crippen LogP contribution in [0.15, 0.2) is 45.0 Å². The summed E-state index contributed by atoms with van der Waals surface area (Å²) < 4.78 is 0.